The molecular formula is C42H32O. The van der Waals surface area contributed by atoms with Gasteiger partial charge in [-0.25, -0.2) is 0 Å². The smallest absolute Gasteiger partial charge is 0.139 e. The second-order valence-corrected chi connectivity index (χ2v) is 13.3. The van der Waals surface area contributed by atoms with Crippen molar-refractivity contribution in [1.29, 1.82) is 0 Å². The quantitative estimate of drug-likeness (QED) is 0.145. The molecule has 7 aromatic rings. The van der Waals surface area contributed by atoms with Gasteiger partial charge in [-0.3, -0.25) is 0 Å². The Morgan fingerprint density at radius 2 is 1.14 bits per heavy atom. The fraction of sp³-hybridized carbons (Fsp3) is 0.143. The highest BCUT2D eigenvalue weighted by Crippen LogP contribution is 2.59. The lowest BCUT2D eigenvalue weighted by atomic mass is 9.74. The van der Waals surface area contributed by atoms with E-state index in [1.54, 1.807) is 0 Å². The summed E-state index contributed by atoms with van der Waals surface area (Å²) < 4.78 is 6.78. The Morgan fingerprint density at radius 1 is 0.442 bits per heavy atom. The zero-order valence-electron chi connectivity index (χ0n) is 25.0. The molecule has 0 saturated heterocycles. The molecule has 0 amide bonds. The van der Waals surface area contributed by atoms with E-state index < -0.39 is 0 Å². The van der Waals surface area contributed by atoms with Crippen LogP contribution in [-0.2, 0) is 10.8 Å². The highest BCUT2D eigenvalue weighted by Gasteiger charge is 2.43. The molecule has 0 bridgehead atoms. The van der Waals surface area contributed by atoms with E-state index in [1.165, 1.54) is 76.8 Å². The van der Waals surface area contributed by atoms with E-state index in [9.17, 15) is 0 Å². The number of fused-ring (bicyclic) bond motifs is 10. The van der Waals surface area contributed by atoms with Crippen molar-refractivity contribution < 1.29 is 4.74 Å². The maximum Gasteiger partial charge on any atom is 0.139 e. The summed E-state index contributed by atoms with van der Waals surface area (Å²) in [6.45, 7) is 9.37. The number of benzene rings is 7. The molecule has 1 nitrogen and oxygen atoms in total. The molecule has 1 aliphatic carbocycles. The maximum absolute atomic E-state index is 6.78. The third-order valence-corrected chi connectivity index (χ3v) is 10.3. The molecule has 0 atom stereocenters. The van der Waals surface area contributed by atoms with Gasteiger partial charge in [0.1, 0.15) is 11.5 Å². The van der Waals surface area contributed by atoms with E-state index in [4.69, 9.17) is 4.74 Å². The first-order valence-corrected chi connectivity index (χ1v) is 15.3. The first kappa shape index (κ1) is 24.7. The van der Waals surface area contributed by atoms with Crippen molar-refractivity contribution in [2.45, 2.75) is 38.5 Å². The first-order chi connectivity index (χ1) is 20.8. The Labute approximate surface area is 252 Å². The highest BCUT2D eigenvalue weighted by atomic mass is 16.5. The molecule has 0 saturated carbocycles. The third-order valence-electron chi connectivity index (χ3n) is 10.3. The fourth-order valence-corrected chi connectivity index (χ4v) is 8.01. The lowest BCUT2D eigenvalue weighted by Crippen LogP contribution is -2.25. The van der Waals surface area contributed by atoms with Crippen LogP contribution in [0.1, 0.15) is 49.9 Å². The summed E-state index contributed by atoms with van der Waals surface area (Å²) in [5.41, 5.74) is 9.99. The van der Waals surface area contributed by atoms with Crippen LogP contribution in [0.4, 0.5) is 0 Å². The van der Waals surface area contributed by atoms with Crippen molar-refractivity contribution in [3.63, 3.8) is 0 Å². The van der Waals surface area contributed by atoms with Crippen LogP contribution < -0.4 is 4.74 Å². The van der Waals surface area contributed by atoms with Crippen LogP contribution in [-0.4, -0.2) is 0 Å². The van der Waals surface area contributed by atoms with Gasteiger partial charge in [0, 0.05) is 27.5 Å². The number of hydrogen-bond donors (Lipinski definition) is 0. The zero-order valence-corrected chi connectivity index (χ0v) is 25.0. The molecule has 1 heterocycles. The van der Waals surface area contributed by atoms with E-state index in [1.807, 2.05) is 0 Å². The van der Waals surface area contributed by atoms with Gasteiger partial charge in [-0.2, -0.15) is 0 Å². The van der Waals surface area contributed by atoms with E-state index >= 15 is 0 Å². The van der Waals surface area contributed by atoms with Gasteiger partial charge in [-0.1, -0.05) is 131 Å². The summed E-state index contributed by atoms with van der Waals surface area (Å²) in [6.07, 6.45) is 0. The Bertz CT molecular complexity index is 2320. The molecule has 0 aromatic heterocycles. The van der Waals surface area contributed by atoms with Crippen LogP contribution in [0.25, 0.3) is 54.6 Å². The molecule has 7 aromatic carbocycles. The second-order valence-electron chi connectivity index (χ2n) is 13.3. The van der Waals surface area contributed by atoms with Gasteiger partial charge in [0.2, 0.25) is 0 Å². The largest absolute Gasteiger partial charge is 0.456 e. The van der Waals surface area contributed by atoms with Crippen LogP contribution in [0, 0.1) is 0 Å². The average Bonchev–Trinajstić information content (AvgIpc) is 3.26. The van der Waals surface area contributed by atoms with Crippen molar-refractivity contribution >= 4 is 32.3 Å². The Balaban J connectivity index is 1.31. The van der Waals surface area contributed by atoms with Crippen molar-refractivity contribution in [2.75, 3.05) is 0 Å². The van der Waals surface area contributed by atoms with Crippen LogP contribution in [0.2, 0.25) is 0 Å². The van der Waals surface area contributed by atoms with Gasteiger partial charge in [0.15, 0.2) is 0 Å². The Kier molecular flexibility index (Phi) is 4.80. The summed E-state index contributed by atoms with van der Waals surface area (Å²) in [4.78, 5) is 0. The molecule has 0 fully saturated rings. The standard InChI is InChI=1S/C42H32O/c1-41(2)33-15-9-10-16-37(33)43-40-35(41)22-21-34-39(40)31-20-18-27(24-36(31)42(34,3)4)38-29-14-8-6-12-26(29)23-32-28-13-7-5-11-25(28)17-19-30(32)38/h5-24H,1-4H3. The van der Waals surface area contributed by atoms with Crippen LogP contribution >= 0.6 is 0 Å². The predicted molar refractivity (Wildman–Crippen MR) is 181 cm³/mol. The summed E-state index contributed by atoms with van der Waals surface area (Å²) in [7, 11) is 0. The summed E-state index contributed by atoms with van der Waals surface area (Å²) in [6, 6.07) is 44.8. The molecule has 1 heteroatoms. The minimum atomic E-state index is -0.159. The monoisotopic (exact) mass is 552 g/mol. The number of hydrogen-bond acceptors (Lipinski definition) is 1. The SMILES string of the molecule is CC1(C)c2ccccc2Oc2c1ccc1c2-c2ccc(-c3c4ccccc4cc4c3ccc3ccccc34)cc2C1(C)C. The van der Waals surface area contributed by atoms with Crippen molar-refractivity contribution in [1.82, 2.24) is 0 Å². The first-order valence-electron chi connectivity index (χ1n) is 15.3. The summed E-state index contributed by atoms with van der Waals surface area (Å²) >= 11 is 0. The number of para-hydroxylation sites is 1. The molecule has 0 spiro atoms. The Hall–Kier alpha value is -4.88. The molecule has 2 aliphatic rings. The topological polar surface area (TPSA) is 9.23 Å². The molecule has 9 rings (SSSR count). The molecule has 0 radical (unpaired) electrons. The van der Waals surface area contributed by atoms with E-state index in [2.05, 4.69) is 149 Å². The maximum atomic E-state index is 6.78. The lowest BCUT2D eigenvalue weighted by molar-refractivity contribution is 0.419. The van der Waals surface area contributed by atoms with Gasteiger partial charge in [-0.15, -0.1) is 0 Å². The molecule has 206 valence electrons. The molecule has 43 heavy (non-hydrogen) atoms. The van der Waals surface area contributed by atoms with E-state index in [-0.39, 0.29) is 10.8 Å². The second kappa shape index (κ2) is 8.36. The van der Waals surface area contributed by atoms with Crippen molar-refractivity contribution in [3.05, 3.63) is 144 Å². The number of rotatable bonds is 1. The van der Waals surface area contributed by atoms with Gasteiger partial charge in [-0.05, 0) is 78.3 Å². The van der Waals surface area contributed by atoms with Crippen molar-refractivity contribution in [3.8, 4) is 33.8 Å². The number of ether oxygens (including phenoxy) is 1. The predicted octanol–water partition coefficient (Wildman–Crippen LogP) is 11.6. The molecule has 0 unspecified atom stereocenters. The third kappa shape index (κ3) is 3.23. The minimum absolute atomic E-state index is 0.142. The van der Waals surface area contributed by atoms with Gasteiger partial charge >= 0.3 is 0 Å². The summed E-state index contributed by atoms with van der Waals surface area (Å²) in [5.74, 6) is 1.98. The minimum Gasteiger partial charge on any atom is -0.456 e. The fourth-order valence-electron chi connectivity index (χ4n) is 8.01. The van der Waals surface area contributed by atoms with E-state index in [0.717, 1.165) is 11.5 Å². The van der Waals surface area contributed by atoms with E-state index in [0.29, 0.717) is 0 Å². The molecule has 0 N–H and O–H groups in total. The normalized spacial score (nSPS) is 15.5. The van der Waals surface area contributed by atoms with Crippen LogP contribution in [0.3, 0.4) is 0 Å². The summed E-state index contributed by atoms with van der Waals surface area (Å²) in [5, 5.41) is 7.73. The highest BCUT2D eigenvalue weighted by molar-refractivity contribution is 6.20. The Morgan fingerprint density at radius 3 is 2.00 bits per heavy atom. The van der Waals surface area contributed by atoms with Gasteiger partial charge < -0.3 is 4.74 Å². The van der Waals surface area contributed by atoms with Crippen LogP contribution in [0.5, 0.6) is 11.5 Å². The van der Waals surface area contributed by atoms with Gasteiger partial charge in [0.25, 0.3) is 0 Å². The van der Waals surface area contributed by atoms with Crippen LogP contribution in [0.15, 0.2) is 121 Å². The lowest BCUT2D eigenvalue weighted by Gasteiger charge is -2.36. The molecule has 1 aliphatic heterocycles. The van der Waals surface area contributed by atoms with Crippen molar-refractivity contribution in [2.24, 2.45) is 0 Å². The zero-order chi connectivity index (χ0) is 29.1. The van der Waals surface area contributed by atoms with Gasteiger partial charge in [0.05, 0.1) is 0 Å². The average molecular weight is 553 g/mol. The molecular weight excluding hydrogens is 520 g/mol.